The van der Waals surface area contributed by atoms with Crippen LogP contribution in [0.1, 0.15) is 31.0 Å². The highest BCUT2D eigenvalue weighted by Crippen LogP contribution is 2.16. The van der Waals surface area contributed by atoms with Crippen LogP contribution in [0.2, 0.25) is 0 Å². The number of aromatic nitrogens is 2. The Bertz CT molecular complexity index is 666. The molecule has 2 unspecified atom stereocenters. The zero-order chi connectivity index (χ0) is 17.5. The maximum atomic E-state index is 13.7. The van der Waals surface area contributed by atoms with Gasteiger partial charge in [-0.25, -0.2) is 4.39 Å². The predicted molar refractivity (Wildman–Crippen MR) is 95.4 cm³/mol. The van der Waals surface area contributed by atoms with E-state index in [0.29, 0.717) is 17.4 Å². The lowest BCUT2D eigenvalue weighted by Gasteiger charge is -2.20. The molecule has 2 N–H and O–H groups in total. The summed E-state index contributed by atoms with van der Waals surface area (Å²) in [5.74, 6) is 0.920. The first-order chi connectivity index (χ1) is 11.5. The third-order valence-corrected chi connectivity index (χ3v) is 3.95. The first-order valence-corrected chi connectivity index (χ1v) is 8.20. The van der Waals surface area contributed by atoms with Gasteiger partial charge in [-0.05, 0) is 43.0 Å². The molecule has 1 aromatic heterocycles. The van der Waals surface area contributed by atoms with Gasteiger partial charge in [-0.1, -0.05) is 19.1 Å². The fourth-order valence-corrected chi connectivity index (χ4v) is 2.42. The van der Waals surface area contributed by atoms with Crippen LogP contribution >= 0.6 is 0 Å². The van der Waals surface area contributed by atoms with Crippen molar-refractivity contribution in [1.29, 1.82) is 0 Å². The van der Waals surface area contributed by atoms with Crippen molar-refractivity contribution in [2.75, 3.05) is 13.6 Å². The Kier molecular flexibility index (Phi) is 6.35. The lowest BCUT2D eigenvalue weighted by Crippen LogP contribution is -2.41. The number of halogens is 1. The number of hydrogen-bond donors (Lipinski definition) is 2. The summed E-state index contributed by atoms with van der Waals surface area (Å²) in [4.78, 5) is 4.24. The molecule has 0 aliphatic heterocycles. The van der Waals surface area contributed by atoms with Crippen LogP contribution < -0.4 is 10.6 Å². The lowest BCUT2D eigenvalue weighted by atomic mass is 10.1. The van der Waals surface area contributed by atoms with Gasteiger partial charge >= 0.3 is 0 Å². The third-order valence-electron chi connectivity index (χ3n) is 3.95. The highest BCUT2D eigenvalue weighted by atomic mass is 19.1. The summed E-state index contributed by atoms with van der Waals surface area (Å²) in [5, 5.41) is 10.8. The van der Waals surface area contributed by atoms with Gasteiger partial charge in [0.25, 0.3) is 0 Å². The molecule has 0 radical (unpaired) electrons. The van der Waals surface area contributed by atoms with Crippen molar-refractivity contribution < 1.29 is 4.39 Å². The number of benzene rings is 1. The Labute approximate surface area is 143 Å². The summed E-state index contributed by atoms with van der Waals surface area (Å²) < 4.78 is 15.6. The molecule has 0 saturated heterocycles. The first kappa shape index (κ1) is 18.0. The molecule has 0 amide bonds. The predicted octanol–water partition coefficient (Wildman–Crippen LogP) is 2.89. The van der Waals surface area contributed by atoms with Crippen molar-refractivity contribution in [2.45, 2.75) is 33.4 Å². The molecule has 2 aromatic rings. The van der Waals surface area contributed by atoms with Crippen LogP contribution in [0, 0.1) is 18.7 Å². The molecule has 0 bridgehead atoms. The van der Waals surface area contributed by atoms with Crippen molar-refractivity contribution in [3.05, 3.63) is 53.6 Å². The monoisotopic (exact) mass is 331 g/mol. The smallest absolute Gasteiger partial charge is 0.191 e. The van der Waals surface area contributed by atoms with Crippen molar-refractivity contribution in [3.63, 3.8) is 0 Å². The average molecular weight is 331 g/mol. The number of rotatable bonds is 6. The number of nitrogens with zero attached hydrogens (tertiary/aromatic N) is 3. The van der Waals surface area contributed by atoms with Gasteiger partial charge in [0.2, 0.25) is 0 Å². The standard InChI is InChI=1S/C18H26FN5/c1-13(12-24-9-5-8-22-24)11-21-18(20-4)23-15(3)16-7-6-14(2)17(19)10-16/h5-10,13,15H,11-12H2,1-4H3,(H2,20,21,23). The molecule has 0 aliphatic carbocycles. The summed E-state index contributed by atoms with van der Waals surface area (Å²) >= 11 is 0. The second-order valence-corrected chi connectivity index (χ2v) is 6.16. The van der Waals surface area contributed by atoms with Crippen molar-refractivity contribution in [3.8, 4) is 0 Å². The van der Waals surface area contributed by atoms with Crippen molar-refractivity contribution in [2.24, 2.45) is 10.9 Å². The minimum Gasteiger partial charge on any atom is -0.356 e. The zero-order valence-electron chi connectivity index (χ0n) is 14.8. The lowest BCUT2D eigenvalue weighted by molar-refractivity contribution is 0.442. The minimum atomic E-state index is -0.183. The van der Waals surface area contributed by atoms with E-state index in [4.69, 9.17) is 0 Å². The molecule has 0 saturated carbocycles. The van der Waals surface area contributed by atoms with Crippen LogP contribution in [0.15, 0.2) is 41.7 Å². The van der Waals surface area contributed by atoms with Gasteiger partial charge in [0, 0.05) is 32.5 Å². The molecular formula is C18H26FN5. The van der Waals surface area contributed by atoms with Crippen molar-refractivity contribution in [1.82, 2.24) is 20.4 Å². The fraction of sp³-hybridized carbons (Fsp3) is 0.444. The molecule has 2 atom stereocenters. The molecule has 0 fully saturated rings. The molecule has 24 heavy (non-hydrogen) atoms. The molecule has 0 aliphatic rings. The molecule has 2 rings (SSSR count). The largest absolute Gasteiger partial charge is 0.356 e. The van der Waals surface area contributed by atoms with Crippen LogP contribution in [0.4, 0.5) is 4.39 Å². The molecular weight excluding hydrogens is 305 g/mol. The van der Waals surface area contributed by atoms with Gasteiger partial charge in [-0.3, -0.25) is 9.67 Å². The Morgan fingerprint density at radius 3 is 2.79 bits per heavy atom. The average Bonchev–Trinajstić information content (AvgIpc) is 3.06. The number of aliphatic imine (C=N–C) groups is 1. The van der Waals surface area contributed by atoms with E-state index in [0.717, 1.165) is 18.7 Å². The van der Waals surface area contributed by atoms with Crippen LogP contribution in [0.5, 0.6) is 0 Å². The number of nitrogens with one attached hydrogen (secondary N) is 2. The highest BCUT2D eigenvalue weighted by molar-refractivity contribution is 5.80. The van der Waals surface area contributed by atoms with Crippen LogP contribution in [-0.2, 0) is 6.54 Å². The quantitative estimate of drug-likeness (QED) is 0.632. The minimum absolute atomic E-state index is 0.0345. The Morgan fingerprint density at radius 2 is 2.17 bits per heavy atom. The number of hydrogen-bond acceptors (Lipinski definition) is 2. The topological polar surface area (TPSA) is 54.2 Å². The van der Waals surface area contributed by atoms with Gasteiger partial charge in [-0.2, -0.15) is 5.10 Å². The normalized spacial score (nSPS) is 14.3. The highest BCUT2D eigenvalue weighted by Gasteiger charge is 2.11. The van der Waals surface area contributed by atoms with E-state index < -0.39 is 0 Å². The molecule has 6 heteroatoms. The summed E-state index contributed by atoms with van der Waals surface area (Å²) in [6.07, 6.45) is 3.74. The van der Waals surface area contributed by atoms with E-state index in [1.54, 1.807) is 32.3 Å². The van der Waals surface area contributed by atoms with Crippen LogP contribution in [-0.4, -0.2) is 29.3 Å². The Hall–Kier alpha value is -2.37. The van der Waals surface area contributed by atoms with Gasteiger partial charge in [0.15, 0.2) is 5.96 Å². The van der Waals surface area contributed by atoms with Gasteiger partial charge < -0.3 is 10.6 Å². The maximum absolute atomic E-state index is 13.7. The third kappa shape index (κ3) is 5.08. The van der Waals surface area contributed by atoms with Gasteiger partial charge in [0.1, 0.15) is 5.82 Å². The SMILES string of the molecule is CN=C(NCC(C)Cn1cccn1)NC(C)c1ccc(C)c(F)c1. The molecule has 1 heterocycles. The van der Waals surface area contributed by atoms with Crippen molar-refractivity contribution >= 4 is 5.96 Å². The zero-order valence-corrected chi connectivity index (χ0v) is 14.8. The molecule has 5 nitrogen and oxygen atoms in total. The maximum Gasteiger partial charge on any atom is 0.191 e. The summed E-state index contributed by atoms with van der Waals surface area (Å²) in [6.45, 7) is 7.52. The Morgan fingerprint density at radius 1 is 1.38 bits per heavy atom. The summed E-state index contributed by atoms with van der Waals surface area (Å²) in [5.41, 5.74) is 1.55. The van der Waals surface area contributed by atoms with Gasteiger partial charge in [0.05, 0.1) is 6.04 Å². The molecule has 0 spiro atoms. The molecule has 130 valence electrons. The van der Waals surface area contributed by atoms with E-state index in [1.807, 2.05) is 29.9 Å². The number of aryl methyl sites for hydroxylation is 1. The van der Waals surface area contributed by atoms with E-state index in [9.17, 15) is 4.39 Å². The van der Waals surface area contributed by atoms with E-state index in [2.05, 4.69) is 27.6 Å². The van der Waals surface area contributed by atoms with Gasteiger partial charge in [-0.15, -0.1) is 0 Å². The number of guanidine groups is 1. The van der Waals surface area contributed by atoms with Crippen LogP contribution in [0.25, 0.3) is 0 Å². The summed E-state index contributed by atoms with van der Waals surface area (Å²) in [6, 6.07) is 7.19. The van der Waals surface area contributed by atoms with E-state index >= 15 is 0 Å². The summed E-state index contributed by atoms with van der Waals surface area (Å²) in [7, 11) is 1.73. The van der Waals surface area contributed by atoms with E-state index in [1.165, 1.54) is 0 Å². The van der Waals surface area contributed by atoms with Crippen LogP contribution in [0.3, 0.4) is 0 Å². The van der Waals surface area contributed by atoms with E-state index in [-0.39, 0.29) is 11.9 Å². The first-order valence-electron chi connectivity index (χ1n) is 8.20. The second-order valence-electron chi connectivity index (χ2n) is 6.16. The fourth-order valence-electron chi connectivity index (χ4n) is 2.42. The second kappa shape index (κ2) is 8.47. The molecule has 1 aromatic carbocycles. The Balaban J connectivity index is 1.86.